The van der Waals surface area contributed by atoms with E-state index in [1.165, 1.54) is 12.8 Å². The van der Waals surface area contributed by atoms with Crippen LogP contribution in [0.2, 0.25) is 82.8 Å². The molecule has 0 nitrogen and oxygen atoms in total. The van der Waals surface area contributed by atoms with Crippen LogP contribution < -0.4 is 0 Å². The van der Waals surface area contributed by atoms with Crippen molar-refractivity contribution < 1.29 is 0 Å². The van der Waals surface area contributed by atoms with Gasteiger partial charge in [-0.3, -0.25) is 0 Å². The van der Waals surface area contributed by atoms with Gasteiger partial charge in [-0.2, -0.15) is 0 Å². The molecule has 4 rings (SSSR count). The highest BCUT2D eigenvalue weighted by atomic mass is 29.4. The molecule has 3 saturated heterocycles. The van der Waals surface area contributed by atoms with E-state index in [1.54, 1.807) is 6.42 Å². The summed E-state index contributed by atoms with van der Waals surface area (Å²) in [7, 11) is -8.95. The van der Waals surface area contributed by atoms with Crippen molar-refractivity contribution in [1.29, 1.82) is 0 Å². The summed E-state index contributed by atoms with van der Waals surface area (Å²) in [6.45, 7) is 37.7. The molecule has 0 aliphatic carbocycles. The van der Waals surface area contributed by atoms with Crippen molar-refractivity contribution in [2.24, 2.45) is 0 Å². The van der Waals surface area contributed by atoms with Crippen molar-refractivity contribution in [3.05, 3.63) is 35.9 Å². The monoisotopic (exact) mass is 506 g/mol. The van der Waals surface area contributed by atoms with Gasteiger partial charge in [0.05, 0.1) is 0 Å². The summed E-state index contributed by atoms with van der Waals surface area (Å²) >= 11 is 0. The number of unbranched alkanes of at least 4 members (excludes halogenated alkanes) is 1. The predicted octanol–water partition coefficient (Wildman–Crippen LogP) is 8.06. The Labute approximate surface area is 194 Å². The van der Waals surface area contributed by atoms with Crippen LogP contribution in [0.5, 0.6) is 0 Å². The lowest BCUT2D eigenvalue weighted by Crippen LogP contribution is -3.07. The van der Waals surface area contributed by atoms with Gasteiger partial charge in [0.15, 0.2) is 0 Å². The summed E-state index contributed by atoms with van der Waals surface area (Å²) in [6, 6.07) is 12.3. The van der Waals surface area contributed by atoms with Gasteiger partial charge in [0.1, 0.15) is 0 Å². The highest BCUT2D eigenvalue weighted by Gasteiger charge is 2.91. The van der Waals surface area contributed by atoms with Gasteiger partial charge >= 0.3 is 0 Å². The van der Waals surface area contributed by atoms with Gasteiger partial charge in [0.2, 0.25) is 0 Å². The Morgan fingerprint density at radius 3 is 1.27 bits per heavy atom. The van der Waals surface area contributed by atoms with Crippen LogP contribution in [0, 0.1) is 0 Å². The Kier molecular flexibility index (Phi) is 5.68. The second-order valence-electron chi connectivity index (χ2n) is 13.9. The first kappa shape index (κ1) is 25.2. The average molecular weight is 507 g/mol. The molecule has 0 spiro atoms. The molecular weight excluding hydrogens is 457 g/mol. The molecule has 1 aromatic carbocycles. The summed E-state index contributed by atoms with van der Waals surface area (Å²) in [4.78, 5) is 0. The minimum atomic E-state index is -1.53. The lowest BCUT2D eigenvalue weighted by atomic mass is 10.2. The van der Waals surface area contributed by atoms with E-state index in [4.69, 9.17) is 0 Å². The number of hydrogen-bond donors (Lipinski definition) is 0. The molecular formula is C24H50Si6. The van der Waals surface area contributed by atoms with E-state index in [-0.39, 0.29) is 0 Å². The molecule has 0 saturated carbocycles. The normalized spacial score (nSPS) is 36.4. The summed E-state index contributed by atoms with van der Waals surface area (Å²) in [5.41, 5.74) is 1.83. The Hall–Kier alpha value is 0.521. The van der Waals surface area contributed by atoms with E-state index >= 15 is 0 Å². The molecule has 170 valence electrons. The second kappa shape index (κ2) is 6.78. The minimum absolute atomic E-state index is 0.642. The van der Waals surface area contributed by atoms with E-state index in [2.05, 4.69) is 116 Å². The Bertz CT molecular complexity index is 747. The number of fused-ring (bicyclic) bond motifs is 3. The molecule has 2 bridgehead atoms. The lowest BCUT2D eigenvalue weighted by molar-refractivity contribution is 0.684. The van der Waals surface area contributed by atoms with Crippen LogP contribution in [0.4, 0.5) is 0 Å². The third-order valence-corrected chi connectivity index (χ3v) is 103. The van der Waals surface area contributed by atoms with Crippen molar-refractivity contribution in [3.63, 3.8) is 0 Å². The van der Waals surface area contributed by atoms with Crippen LogP contribution in [-0.2, 0) is 4.28 Å². The van der Waals surface area contributed by atoms with Crippen molar-refractivity contribution in [1.82, 2.24) is 0 Å². The molecule has 0 unspecified atom stereocenters. The molecule has 1 aromatic rings. The summed E-state index contributed by atoms with van der Waals surface area (Å²) in [6.07, 6.45) is 4.48. The van der Waals surface area contributed by atoms with E-state index in [9.17, 15) is 0 Å². The maximum absolute atomic E-state index is 2.95. The third kappa shape index (κ3) is 2.14. The van der Waals surface area contributed by atoms with Crippen LogP contribution in [0.15, 0.2) is 30.3 Å². The zero-order valence-corrected chi connectivity index (χ0v) is 28.5. The van der Waals surface area contributed by atoms with E-state index in [0.717, 1.165) is 4.28 Å². The summed E-state index contributed by atoms with van der Waals surface area (Å²) in [5, 5.41) is 0. The summed E-state index contributed by atoms with van der Waals surface area (Å²) in [5.74, 6) is 0. The number of benzene rings is 1. The topological polar surface area (TPSA) is 0 Å². The van der Waals surface area contributed by atoms with E-state index in [1.807, 2.05) is 5.56 Å². The minimum Gasteiger partial charge on any atom is -0.0713 e. The third-order valence-electron chi connectivity index (χ3n) is 12.8. The standard InChI is InChI=1S/C24H50Si6/c1-14-15-21-23-25(2,3)28(8,9)24(22-19-17-16-18-20-22,29(10,11)26(23,4)5)30(12,13)27(23,6)7/h16-20H,14-15,21H2,1-13H3. The molecule has 6 heteroatoms. The molecule has 30 heavy (non-hydrogen) atoms. The molecule has 0 N–H and O–H groups in total. The van der Waals surface area contributed by atoms with Crippen LogP contribution >= 0.6 is 0 Å². The predicted molar refractivity (Wildman–Crippen MR) is 155 cm³/mol. The average Bonchev–Trinajstić information content (AvgIpc) is 2.60. The molecule has 0 atom stereocenters. The second-order valence-corrected chi connectivity index (χ2v) is 63.7. The Morgan fingerprint density at radius 2 is 0.933 bits per heavy atom. The Morgan fingerprint density at radius 1 is 0.567 bits per heavy atom. The van der Waals surface area contributed by atoms with Crippen molar-refractivity contribution in [3.8, 4) is 0 Å². The maximum atomic E-state index is 2.95. The smallest absolute Gasteiger partial charge is 0.0464 e. The fraction of sp³-hybridized carbons (Fsp3) is 0.750. The van der Waals surface area contributed by atoms with Crippen LogP contribution in [-0.4, -0.2) is 45.5 Å². The molecule has 0 aromatic heterocycles. The quantitative estimate of drug-likeness (QED) is 0.362. The highest BCUT2D eigenvalue weighted by molar-refractivity contribution is 7.77. The van der Waals surface area contributed by atoms with Gasteiger partial charge in [-0.1, -0.05) is 141 Å². The first-order chi connectivity index (χ1) is 13.4. The van der Waals surface area contributed by atoms with Gasteiger partial charge in [-0.05, 0) is 8.57 Å². The molecule has 3 heterocycles. The van der Waals surface area contributed by atoms with Gasteiger partial charge in [0, 0.05) is 45.5 Å². The first-order valence-electron chi connectivity index (χ1n) is 12.5. The maximum Gasteiger partial charge on any atom is 0.0464 e. The first-order valence-corrected chi connectivity index (χ1v) is 33.5. The largest absolute Gasteiger partial charge is 0.0713 e. The van der Waals surface area contributed by atoms with Crippen molar-refractivity contribution in [2.75, 3.05) is 0 Å². The molecule has 3 aliphatic heterocycles. The van der Waals surface area contributed by atoms with Gasteiger partial charge in [-0.25, -0.2) is 0 Å². The molecule has 0 radical (unpaired) electrons. The fourth-order valence-electron chi connectivity index (χ4n) is 10.8. The molecule has 3 aliphatic rings. The zero-order valence-electron chi connectivity index (χ0n) is 22.5. The van der Waals surface area contributed by atoms with E-state index in [0.29, 0.717) is 4.28 Å². The Balaban J connectivity index is 2.62. The van der Waals surface area contributed by atoms with Crippen molar-refractivity contribution in [2.45, 2.75) is 113 Å². The van der Waals surface area contributed by atoms with Crippen LogP contribution in [0.25, 0.3) is 0 Å². The van der Waals surface area contributed by atoms with E-state index < -0.39 is 45.5 Å². The van der Waals surface area contributed by atoms with Gasteiger partial charge in [-0.15, -0.1) is 0 Å². The highest BCUT2D eigenvalue weighted by Crippen LogP contribution is 2.78. The molecule has 0 amide bonds. The SMILES string of the molecule is CCCCC12[Si](C)(C)[Si](C)(C)C(c3ccccc3)([Si](C)(C)[Si]1(C)C)[Si](C)(C)[Si]2(C)C. The fourth-order valence-corrected chi connectivity index (χ4v) is 154. The number of hydrogen-bond acceptors (Lipinski definition) is 0. The lowest BCUT2D eigenvalue weighted by Gasteiger charge is -2.89. The van der Waals surface area contributed by atoms with Crippen molar-refractivity contribution >= 4 is 45.5 Å². The zero-order chi connectivity index (χ0) is 23.2. The van der Waals surface area contributed by atoms with Crippen LogP contribution in [0.1, 0.15) is 31.7 Å². The van der Waals surface area contributed by atoms with Crippen LogP contribution in [0.3, 0.4) is 0 Å². The summed E-state index contributed by atoms with van der Waals surface area (Å²) < 4.78 is 1.48. The van der Waals surface area contributed by atoms with Gasteiger partial charge in [0.25, 0.3) is 0 Å². The van der Waals surface area contributed by atoms with Gasteiger partial charge < -0.3 is 0 Å². The molecule has 3 fully saturated rings. The number of rotatable bonds is 4.